The van der Waals surface area contributed by atoms with Crippen LogP contribution in [0.5, 0.6) is 0 Å². The van der Waals surface area contributed by atoms with Crippen LogP contribution in [0.3, 0.4) is 0 Å². The van der Waals surface area contributed by atoms with Crippen molar-refractivity contribution in [1.82, 2.24) is 0 Å². The normalized spacial score (nSPS) is 23.7. The van der Waals surface area contributed by atoms with Gasteiger partial charge in [-0.3, -0.25) is 0 Å². The van der Waals surface area contributed by atoms with Crippen LogP contribution in [0.15, 0.2) is 30.3 Å². The Kier molecular flexibility index (Phi) is 2.54. The second-order valence-electron chi connectivity index (χ2n) is 4.50. The zero-order chi connectivity index (χ0) is 10.9. The van der Waals surface area contributed by atoms with Crippen molar-refractivity contribution in [1.29, 1.82) is 0 Å². The van der Waals surface area contributed by atoms with Crippen LogP contribution in [0.25, 0.3) is 0 Å². The van der Waals surface area contributed by atoms with Gasteiger partial charge in [0.2, 0.25) is 0 Å². The van der Waals surface area contributed by atoms with Crippen LogP contribution in [0.4, 0.5) is 0 Å². The van der Waals surface area contributed by atoms with E-state index in [-0.39, 0.29) is 0 Å². The van der Waals surface area contributed by atoms with E-state index >= 15 is 0 Å². The molecule has 1 aliphatic rings. The van der Waals surface area contributed by atoms with Crippen LogP contribution in [-0.4, -0.2) is 16.0 Å². The summed E-state index contributed by atoms with van der Waals surface area (Å²) in [6, 6.07) is 9.88. The lowest BCUT2D eigenvalue weighted by atomic mass is 9.75. The van der Waals surface area contributed by atoms with Gasteiger partial charge in [0.25, 0.3) is 0 Å². The summed E-state index contributed by atoms with van der Waals surface area (Å²) in [5, 5.41) is 18.9. The summed E-state index contributed by atoms with van der Waals surface area (Å²) < 4.78 is 0. The molecule has 3 heteroatoms. The highest BCUT2D eigenvalue weighted by molar-refractivity contribution is 5.24. The third-order valence-corrected chi connectivity index (χ3v) is 3.29. The van der Waals surface area contributed by atoms with Gasteiger partial charge in [-0.25, -0.2) is 0 Å². The summed E-state index contributed by atoms with van der Waals surface area (Å²) in [5.41, 5.74) is 6.97. The number of aliphatic hydroxyl groups is 2. The van der Waals surface area contributed by atoms with Gasteiger partial charge in [0.1, 0.15) is 0 Å². The van der Waals surface area contributed by atoms with Gasteiger partial charge >= 0.3 is 0 Å². The van der Waals surface area contributed by atoms with E-state index in [4.69, 9.17) is 5.73 Å². The van der Waals surface area contributed by atoms with Gasteiger partial charge in [-0.05, 0) is 18.4 Å². The molecule has 0 unspecified atom stereocenters. The van der Waals surface area contributed by atoms with Crippen LogP contribution in [0.2, 0.25) is 0 Å². The van der Waals surface area contributed by atoms with Gasteiger partial charge < -0.3 is 15.9 Å². The smallest absolute Gasteiger partial charge is 0.162 e. The fraction of sp³-hybridized carbons (Fsp3) is 0.500. The maximum atomic E-state index is 9.45. The molecule has 0 heterocycles. The van der Waals surface area contributed by atoms with Crippen LogP contribution in [0.1, 0.15) is 31.2 Å². The topological polar surface area (TPSA) is 66.5 Å². The van der Waals surface area contributed by atoms with Gasteiger partial charge in [0.15, 0.2) is 5.79 Å². The maximum absolute atomic E-state index is 9.45. The van der Waals surface area contributed by atoms with Crippen molar-refractivity contribution in [3.8, 4) is 0 Å². The second-order valence-corrected chi connectivity index (χ2v) is 4.50. The Labute approximate surface area is 89.5 Å². The van der Waals surface area contributed by atoms with Crippen LogP contribution >= 0.6 is 0 Å². The molecule has 1 saturated carbocycles. The van der Waals surface area contributed by atoms with Crippen molar-refractivity contribution in [3.05, 3.63) is 35.9 Å². The van der Waals surface area contributed by atoms with Crippen LogP contribution < -0.4 is 5.73 Å². The SMILES string of the molecule is NC1(c2ccccc2)CCC(O)(O)CC1. The summed E-state index contributed by atoms with van der Waals surface area (Å²) >= 11 is 0. The third kappa shape index (κ3) is 2.20. The molecule has 0 radical (unpaired) electrons. The minimum absolute atomic E-state index is 0.346. The van der Waals surface area contributed by atoms with Crippen molar-refractivity contribution in [3.63, 3.8) is 0 Å². The third-order valence-electron chi connectivity index (χ3n) is 3.29. The standard InChI is InChI=1S/C12H17NO2/c13-11(10-4-2-1-3-5-10)6-8-12(14,15)9-7-11/h1-5,14-15H,6-9,13H2. The number of hydrogen-bond donors (Lipinski definition) is 3. The first-order valence-electron chi connectivity index (χ1n) is 5.31. The molecule has 1 aromatic rings. The molecule has 0 atom stereocenters. The average Bonchev–Trinajstić information content (AvgIpc) is 2.24. The van der Waals surface area contributed by atoms with Crippen molar-refractivity contribution in [2.45, 2.75) is 37.0 Å². The van der Waals surface area contributed by atoms with E-state index < -0.39 is 11.3 Å². The zero-order valence-electron chi connectivity index (χ0n) is 8.69. The Balaban J connectivity index is 2.17. The minimum Gasteiger partial charge on any atom is -0.366 e. The van der Waals surface area contributed by atoms with Crippen molar-refractivity contribution >= 4 is 0 Å². The second kappa shape index (κ2) is 3.59. The Morgan fingerprint density at radius 3 is 2.00 bits per heavy atom. The molecule has 1 fully saturated rings. The van der Waals surface area contributed by atoms with Crippen LogP contribution in [0, 0.1) is 0 Å². The first kappa shape index (κ1) is 10.6. The van der Waals surface area contributed by atoms with E-state index in [1.54, 1.807) is 0 Å². The monoisotopic (exact) mass is 207 g/mol. The quantitative estimate of drug-likeness (QED) is 0.604. The van der Waals surface area contributed by atoms with Gasteiger partial charge in [-0.2, -0.15) is 0 Å². The highest BCUT2D eigenvalue weighted by Crippen LogP contribution is 2.38. The summed E-state index contributed by atoms with van der Waals surface area (Å²) in [5.74, 6) is -1.52. The van der Waals surface area contributed by atoms with E-state index in [0.717, 1.165) is 5.56 Å². The van der Waals surface area contributed by atoms with E-state index in [0.29, 0.717) is 25.7 Å². The highest BCUT2D eigenvalue weighted by Gasteiger charge is 2.38. The Bertz CT molecular complexity index is 325. The first-order chi connectivity index (χ1) is 7.02. The molecule has 4 N–H and O–H groups in total. The molecule has 82 valence electrons. The van der Waals surface area contributed by atoms with E-state index in [1.165, 1.54) is 0 Å². The predicted octanol–water partition coefficient (Wildman–Crippen LogP) is 1.10. The fourth-order valence-electron chi connectivity index (χ4n) is 2.16. The van der Waals surface area contributed by atoms with Crippen molar-refractivity contribution in [2.75, 3.05) is 0 Å². The first-order valence-corrected chi connectivity index (χ1v) is 5.31. The van der Waals surface area contributed by atoms with Gasteiger partial charge in [0, 0.05) is 18.4 Å². The molecule has 1 aliphatic carbocycles. The van der Waals surface area contributed by atoms with E-state index in [9.17, 15) is 10.2 Å². The largest absolute Gasteiger partial charge is 0.366 e. The fourth-order valence-corrected chi connectivity index (χ4v) is 2.16. The van der Waals surface area contributed by atoms with E-state index in [2.05, 4.69) is 0 Å². The van der Waals surface area contributed by atoms with Gasteiger partial charge in [0.05, 0.1) is 0 Å². The molecule has 2 rings (SSSR count). The maximum Gasteiger partial charge on any atom is 0.162 e. The summed E-state index contributed by atoms with van der Waals surface area (Å²) in [6.45, 7) is 0. The Morgan fingerprint density at radius 1 is 0.933 bits per heavy atom. The lowest BCUT2D eigenvalue weighted by Gasteiger charge is -2.39. The highest BCUT2D eigenvalue weighted by atomic mass is 16.5. The molecule has 0 amide bonds. The number of hydrogen-bond acceptors (Lipinski definition) is 3. The number of nitrogens with two attached hydrogens (primary N) is 1. The molecular weight excluding hydrogens is 190 g/mol. The lowest BCUT2D eigenvalue weighted by molar-refractivity contribution is -0.188. The zero-order valence-corrected chi connectivity index (χ0v) is 8.69. The molecule has 0 aromatic heterocycles. The lowest BCUT2D eigenvalue weighted by Crippen LogP contribution is -2.46. The van der Waals surface area contributed by atoms with E-state index in [1.807, 2.05) is 30.3 Å². The van der Waals surface area contributed by atoms with Crippen LogP contribution in [-0.2, 0) is 5.54 Å². The minimum atomic E-state index is -1.52. The molecule has 15 heavy (non-hydrogen) atoms. The molecule has 0 aliphatic heterocycles. The molecular formula is C12H17NO2. The molecule has 3 nitrogen and oxygen atoms in total. The Hall–Kier alpha value is -0.900. The average molecular weight is 207 g/mol. The molecule has 0 spiro atoms. The molecule has 1 aromatic carbocycles. The van der Waals surface area contributed by atoms with Gasteiger partial charge in [-0.1, -0.05) is 30.3 Å². The van der Waals surface area contributed by atoms with Crippen molar-refractivity contribution in [2.24, 2.45) is 5.73 Å². The van der Waals surface area contributed by atoms with Crippen molar-refractivity contribution < 1.29 is 10.2 Å². The summed E-state index contributed by atoms with van der Waals surface area (Å²) in [4.78, 5) is 0. The number of benzene rings is 1. The molecule has 0 bridgehead atoms. The predicted molar refractivity (Wildman–Crippen MR) is 57.9 cm³/mol. The Morgan fingerprint density at radius 2 is 1.47 bits per heavy atom. The molecule has 0 saturated heterocycles. The summed E-state index contributed by atoms with van der Waals surface area (Å²) in [7, 11) is 0. The summed E-state index contributed by atoms with van der Waals surface area (Å²) in [6.07, 6.45) is 1.92. The van der Waals surface area contributed by atoms with Gasteiger partial charge in [-0.15, -0.1) is 0 Å². The number of rotatable bonds is 1.